The Morgan fingerprint density at radius 3 is 1.46 bits per heavy atom. The molecule has 0 amide bonds. The topological polar surface area (TPSA) is 102 Å². The summed E-state index contributed by atoms with van der Waals surface area (Å²) in [4.78, 5) is 0. The number of hydrogen-bond acceptors (Lipinski definition) is 11. The molecule has 11 heteroatoms. The lowest BCUT2D eigenvalue weighted by Crippen LogP contribution is -2.64. The van der Waals surface area contributed by atoms with Crippen molar-refractivity contribution >= 4 is 0 Å². The van der Waals surface area contributed by atoms with Crippen LogP contribution in [0.5, 0.6) is 0 Å². The summed E-state index contributed by atoms with van der Waals surface area (Å²) in [6.45, 7) is 2.20. The summed E-state index contributed by atoms with van der Waals surface area (Å²) in [7, 11) is 1.64. The fourth-order valence-electron chi connectivity index (χ4n) is 11.7. The van der Waals surface area contributed by atoms with Crippen molar-refractivity contribution in [2.75, 3.05) is 26.9 Å². The van der Waals surface area contributed by atoms with Gasteiger partial charge in [0.25, 0.3) is 0 Å². The average molecular weight is 995 g/mol. The fourth-order valence-corrected chi connectivity index (χ4v) is 11.7. The van der Waals surface area contributed by atoms with Crippen molar-refractivity contribution in [1.82, 2.24) is 0 Å². The van der Waals surface area contributed by atoms with Crippen LogP contribution in [-0.2, 0) is 83.9 Å². The van der Waals surface area contributed by atoms with E-state index in [0.717, 1.165) is 50.1 Å². The molecule has 11 atom stereocenters. The zero-order valence-corrected chi connectivity index (χ0v) is 41.4. The third-order valence-corrected chi connectivity index (χ3v) is 15.2. The van der Waals surface area contributed by atoms with E-state index in [-0.39, 0.29) is 6.61 Å². The van der Waals surface area contributed by atoms with Crippen LogP contribution in [0.1, 0.15) is 62.5 Å². The monoisotopic (exact) mass is 994 g/mol. The molecule has 7 aromatic carbocycles. The zero-order valence-electron chi connectivity index (χ0n) is 41.4. The van der Waals surface area contributed by atoms with E-state index in [9.17, 15) is 0 Å². The Hall–Kier alpha value is -5.90. The molecule has 0 radical (unpaired) electrons. The fraction of sp³-hybridized carbons (Fsp3) is 0.333. The van der Waals surface area contributed by atoms with Crippen LogP contribution in [-0.4, -0.2) is 88.2 Å². The van der Waals surface area contributed by atoms with Crippen LogP contribution in [0.25, 0.3) is 0 Å². The highest BCUT2D eigenvalue weighted by Crippen LogP contribution is 2.56. The second-order valence-corrected chi connectivity index (χ2v) is 19.7. The smallest absolute Gasteiger partial charge is 0.186 e. The molecular formula is C63H62O11. The van der Waals surface area contributed by atoms with Gasteiger partial charge in [0.1, 0.15) is 61.0 Å². The first-order chi connectivity index (χ1) is 36.6. The van der Waals surface area contributed by atoms with Gasteiger partial charge in [0.2, 0.25) is 0 Å². The van der Waals surface area contributed by atoms with Crippen molar-refractivity contribution in [3.05, 3.63) is 250 Å². The molecule has 0 saturated carbocycles. The summed E-state index contributed by atoms with van der Waals surface area (Å²) in [5.41, 5.74) is 8.54. The molecule has 4 aliphatic heterocycles. The van der Waals surface area contributed by atoms with Gasteiger partial charge in [-0.15, -0.1) is 0 Å². The summed E-state index contributed by atoms with van der Waals surface area (Å²) in [6, 6.07) is 67.8. The molecule has 7 aromatic rings. The van der Waals surface area contributed by atoms with Gasteiger partial charge in [-0.2, -0.15) is 0 Å². The van der Waals surface area contributed by atoms with Gasteiger partial charge < -0.3 is 52.1 Å². The van der Waals surface area contributed by atoms with Gasteiger partial charge in [0.05, 0.1) is 51.7 Å². The Labute approximate surface area is 433 Å². The van der Waals surface area contributed by atoms with Gasteiger partial charge in [-0.05, 0) is 44.5 Å². The summed E-state index contributed by atoms with van der Waals surface area (Å²) in [5, 5.41) is 0. The maximum atomic E-state index is 7.33. The largest absolute Gasteiger partial charge is 0.371 e. The first-order valence-electron chi connectivity index (χ1n) is 25.8. The molecule has 74 heavy (non-hydrogen) atoms. The van der Waals surface area contributed by atoms with Crippen LogP contribution in [0.15, 0.2) is 200 Å². The molecule has 0 bridgehead atoms. The summed E-state index contributed by atoms with van der Waals surface area (Å²) >= 11 is 0. The Morgan fingerprint density at radius 2 is 0.919 bits per heavy atom. The highest BCUT2D eigenvalue weighted by Gasteiger charge is 2.64. The number of fused-ring (bicyclic) bond motifs is 7. The molecule has 12 rings (SSSR count). The molecule has 380 valence electrons. The van der Waals surface area contributed by atoms with E-state index in [0.29, 0.717) is 39.6 Å². The molecule has 4 heterocycles. The summed E-state index contributed by atoms with van der Waals surface area (Å²) < 4.78 is 75.8. The number of hydrogen-bond donors (Lipinski definition) is 0. The van der Waals surface area contributed by atoms with Crippen LogP contribution < -0.4 is 0 Å². The quantitative estimate of drug-likeness (QED) is 0.0872. The molecule has 4 fully saturated rings. The van der Waals surface area contributed by atoms with Crippen molar-refractivity contribution in [3.8, 4) is 0 Å². The van der Waals surface area contributed by atoms with E-state index in [1.807, 2.05) is 115 Å². The highest BCUT2D eigenvalue weighted by atomic mass is 16.7. The zero-order chi connectivity index (χ0) is 49.7. The Morgan fingerprint density at radius 1 is 0.446 bits per heavy atom. The van der Waals surface area contributed by atoms with E-state index in [2.05, 4.69) is 84.9 Å². The van der Waals surface area contributed by atoms with Crippen LogP contribution in [0, 0.1) is 0 Å². The minimum atomic E-state index is -0.800. The standard InChI is InChI=1S/C63H62O11/c1-64-62-59(68-38-45-27-13-5-14-28-45)56(66-36-43-23-9-3-10-24-43)54(65-35-42-21-7-2-8-22-42)51(73-62)39-69-53-47-31-17-19-33-49(47)63(50-34-20-18-32-48(50)53)41-71-58-57(67-37-44-25-11-4-12-26-44)55-52(72-60(58)63)40-70-61(74-55)46-29-15-6-16-30-46/h2-34,51-62H,35-41H2,1H3/t51-,52-,53?,54-,55-,56+,57+,58-,59+,60-,61-,62+,63?/m1/s1. The summed E-state index contributed by atoms with van der Waals surface area (Å²) in [6.07, 6.45) is -6.66. The van der Waals surface area contributed by atoms with Gasteiger partial charge in [0.15, 0.2) is 12.6 Å². The molecule has 1 aliphatic carbocycles. The van der Waals surface area contributed by atoms with E-state index < -0.39 is 79.0 Å². The SMILES string of the molecule is CO[C@H]1O[C@H](COC2c3ccccc3C3(CO[C@@H]4[C@@H](OCc5ccccc5)[C@@H]5O[C@H](c6ccccc6)OC[C@H]5O[C@H]43)c3ccccc32)[C@@H](OCc2ccccc2)[C@H](OCc2ccccc2)[C@@H]1OCc1ccccc1. The van der Waals surface area contributed by atoms with E-state index >= 15 is 0 Å². The van der Waals surface area contributed by atoms with Crippen molar-refractivity contribution in [2.24, 2.45) is 0 Å². The molecule has 1 spiro atoms. The Bertz CT molecular complexity index is 2830. The van der Waals surface area contributed by atoms with E-state index in [1.165, 1.54) is 0 Å². The molecule has 5 aliphatic rings. The van der Waals surface area contributed by atoms with Crippen LogP contribution in [0.2, 0.25) is 0 Å². The van der Waals surface area contributed by atoms with Gasteiger partial charge in [0, 0.05) is 12.7 Å². The number of benzene rings is 7. The predicted octanol–water partition coefficient (Wildman–Crippen LogP) is 10.4. The number of ether oxygens (including phenoxy) is 11. The molecule has 11 nitrogen and oxygen atoms in total. The van der Waals surface area contributed by atoms with Crippen LogP contribution in [0.3, 0.4) is 0 Å². The van der Waals surface area contributed by atoms with Crippen molar-refractivity contribution in [1.29, 1.82) is 0 Å². The van der Waals surface area contributed by atoms with Gasteiger partial charge in [-0.1, -0.05) is 200 Å². The number of rotatable bonds is 17. The maximum Gasteiger partial charge on any atom is 0.186 e. The highest BCUT2D eigenvalue weighted by molar-refractivity contribution is 5.58. The normalized spacial score (nSPS) is 30.0. The van der Waals surface area contributed by atoms with Crippen LogP contribution in [0.4, 0.5) is 0 Å². The lowest BCUT2D eigenvalue weighted by molar-refractivity contribution is -0.331. The minimum absolute atomic E-state index is 0.145. The van der Waals surface area contributed by atoms with Crippen molar-refractivity contribution in [3.63, 3.8) is 0 Å². The van der Waals surface area contributed by atoms with Gasteiger partial charge in [-0.3, -0.25) is 0 Å². The molecule has 0 unspecified atom stereocenters. The lowest BCUT2D eigenvalue weighted by Gasteiger charge is -2.51. The lowest BCUT2D eigenvalue weighted by atomic mass is 9.62. The van der Waals surface area contributed by atoms with E-state index in [4.69, 9.17) is 52.1 Å². The second kappa shape index (κ2) is 22.5. The van der Waals surface area contributed by atoms with E-state index in [1.54, 1.807) is 7.11 Å². The molecular weight excluding hydrogens is 933 g/mol. The summed E-state index contributed by atoms with van der Waals surface area (Å²) in [5.74, 6) is 0. The first-order valence-corrected chi connectivity index (χ1v) is 25.8. The minimum Gasteiger partial charge on any atom is -0.371 e. The first kappa shape index (κ1) is 49.0. The Kier molecular flexibility index (Phi) is 14.9. The van der Waals surface area contributed by atoms with Crippen LogP contribution >= 0.6 is 0 Å². The third-order valence-electron chi connectivity index (χ3n) is 15.2. The maximum absolute atomic E-state index is 7.33. The molecule has 4 saturated heterocycles. The number of methoxy groups -OCH3 is 1. The predicted molar refractivity (Wildman–Crippen MR) is 276 cm³/mol. The second-order valence-electron chi connectivity index (χ2n) is 19.7. The van der Waals surface area contributed by atoms with Gasteiger partial charge in [-0.25, -0.2) is 0 Å². The molecule has 0 N–H and O–H groups in total. The van der Waals surface area contributed by atoms with Crippen molar-refractivity contribution in [2.45, 2.75) is 105 Å². The Balaban J connectivity index is 0.865. The third kappa shape index (κ3) is 9.91. The average Bonchev–Trinajstić information content (AvgIpc) is 3.91. The van der Waals surface area contributed by atoms with Gasteiger partial charge >= 0.3 is 0 Å². The van der Waals surface area contributed by atoms with Crippen molar-refractivity contribution < 1.29 is 52.1 Å². The molecule has 0 aromatic heterocycles.